The first-order valence-electron chi connectivity index (χ1n) is 12.4. The SMILES string of the molecule is O=C(NC[C@H](NS(=O)(=O)c1ccccc1)C(=O)O)c1ccc(N2CCCC[C@H]2N=C2NCCCN2)cc1Cl. The van der Waals surface area contributed by atoms with Crippen molar-refractivity contribution in [2.75, 3.05) is 31.1 Å². The molecule has 38 heavy (non-hydrogen) atoms. The first kappa shape index (κ1) is 27.7. The molecular formula is C25H31ClN6O5S. The van der Waals surface area contributed by atoms with Crippen LogP contribution in [0.5, 0.6) is 0 Å². The fourth-order valence-electron chi connectivity index (χ4n) is 4.35. The first-order valence-corrected chi connectivity index (χ1v) is 14.3. The Morgan fingerprint density at radius 3 is 2.53 bits per heavy atom. The minimum Gasteiger partial charge on any atom is -0.480 e. The topological polar surface area (TPSA) is 152 Å². The number of benzene rings is 2. The van der Waals surface area contributed by atoms with E-state index in [1.54, 1.807) is 24.3 Å². The number of hydrogen-bond donors (Lipinski definition) is 5. The molecule has 11 nitrogen and oxygen atoms in total. The van der Waals surface area contributed by atoms with Crippen LogP contribution in [0.2, 0.25) is 5.02 Å². The van der Waals surface area contributed by atoms with Gasteiger partial charge in [-0.3, -0.25) is 9.59 Å². The number of piperidine rings is 1. The summed E-state index contributed by atoms with van der Waals surface area (Å²) < 4.78 is 27.2. The van der Waals surface area contributed by atoms with Gasteiger partial charge in [0.25, 0.3) is 5.91 Å². The summed E-state index contributed by atoms with van der Waals surface area (Å²) in [5.41, 5.74) is 0.983. The van der Waals surface area contributed by atoms with Crippen LogP contribution in [0.1, 0.15) is 36.0 Å². The molecule has 5 N–H and O–H groups in total. The van der Waals surface area contributed by atoms with E-state index < -0.39 is 34.5 Å². The second-order valence-electron chi connectivity index (χ2n) is 9.05. The summed E-state index contributed by atoms with van der Waals surface area (Å²) in [6.07, 6.45) is 3.94. The highest BCUT2D eigenvalue weighted by molar-refractivity contribution is 7.89. The van der Waals surface area contributed by atoms with Crippen LogP contribution < -0.4 is 25.6 Å². The van der Waals surface area contributed by atoms with Crippen molar-refractivity contribution in [2.24, 2.45) is 4.99 Å². The van der Waals surface area contributed by atoms with Gasteiger partial charge in [0.05, 0.1) is 15.5 Å². The van der Waals surface area contributed by atoms with Crippen LogP contribution in [0.15, 0.2) is 58.4 Å². The second kappa shape index (κ2) is 12.5. The Morgan fingerprint density at radius 1 is 1.11 bits per heavy atom. The number of aliphatic imine (C=N–C) groups is 1. The van der Waals surface area contributed by atoms with E-state index in [1.165, 1.54) is 24.3 Å². The van der Waals surface area contributed by atoms with Gasteiger partial charge in [0, 0.05) is 31.9 Å². The Labute approximate surface area is 226 Å². The van der Waals surface area contributed by atoms with E-state index in [0.717, 1.165) is 57.0 Å². The minimum absolute atomic E-state index is 0.0680. The third-order valence-corrected chi connectivity index (χ3v) is 8.13. The standard InChI is InChI=1S/C25H31ClN6O5S/c26-20-15-17(32-14-5-4-9-22(32)30-25-27-12-6-13-28-25)10-11-19(20)23(33)29-16-21(24(34)35)31-38(36,37)18-7-2-1-3-8-18/h1-3,7-8,10-11,15,21-22,31H,4-6,9,12-14,16H2,(H,29,33)(H,34,35)(H2,27,28,30)/t21-,22-/m0/s1. The lowest BCUT2D eigenvalue weighted by Crippen LogP contribution is -2.48. The highest BCUT2D eigenvalue weighted by atomic mass is 35.5. The summed E-state index contributed by atoms with van der Waals surface area (Å²) in [5.74, 6) is -1.25. The Bertz CT molecular complexity index is 1280. The zero-order valence-corrected chi connectivity index (χ0v) is 22.3. The highest BCUT2D eigenvalue weighted by Crippen LogP contribution is 2.29. The summed E-state index contributed by atoms with van der Waals surface area (Å²) in [7, 11) is -4.09. The average molecular weight is 563 g/mol. The molecule has 13 heteroatoms. The van der Waals surface area contributed by atoms with E-state index in [9.17, 15) is 23.1 Å². The van der Waals surface area contributed by atoms with Crippen LogP contribution in [0.3, 0.4) is 0 Å². The fraction of sp³-hybridized carbons (Fsp3) is 0.400. The van der Waals surface area contributed by atoms with Crippen molar-refractivity contribution in [1.82, 2.24) is 20.7 Å². The lowest BCUT2D eigenvalue weighted by Gasteiger charge is -2.36. The molecule has 0 aliphatic carbocycles. The number of carbonyl (C=O) groups is 2. The smallest absolute Gasteiger partial charge is 0.323 e. The van der Waals surface area contributed by atoms with Crippen LogP contribution in [0.25, 0.3) is 0 Å². The predicted molar refractivity (Wildman–Crippen MR) is 145 cm³/mol. The maximum absolute atomic E-state index is 12.8. The monoisotopic (exact) mass is 562 g/mol. The predicted octanol–water partition coefficient (Wildman–Crippen LogP) is 1.76. The van der Waals surface area contributed by atoms with Crippen LogP contribution in [0.4, 0.5) is 5.69 Å². The molecule has 4 rings (SSSR count). The lowest BCUT2D eigenvalue weighted by atomic mass is 10.1. The number of aliphatic carboxylic acids is 1. The molecule has 0 radical (unpaired) electrons. The maximum atomic E-state index is 12.8. The third kappa shape index (κ3) is 6.94. The summed E-state index contributed by atoms with van der Waals surface area (Å²) >= 11 is 6.47. The molecule has 0 bridgehead atoms. The van der Waals surface area contributed by atoms with Crippen molar-refractivity contribution >= 4 is 45.1 Å². The average Bonchev–Trinajstić information content (AvgIpc) is 2.92. The number of guanidine groups is 1. The number of amides is 1. The van der Waals surface area contributed by atoms with Crippen molar-refractivity contribution < 1.29 is 23.1 Å². The van der Waals surface area contributed by atoms with Crippen LogP contribution in [-0.2, 0) is 14.8 Å². The van der Waals surface area contributed by atoms with Gasteiger partial charge in [0.1, 0.15) is 12.2 Å². The number of carboxylic acid groups (broad SMARTS) is 1. The number of carbonyl (C=O) groups excluding carboxylic acids is 1. The third-order valence-electron chi connectivity index (χ3n) is 6.33. The van der Waals surface area contributed by atoms with E-state index in [1.807, 2.05) is 0 Å². The molecule has 204 valence electrons. The molecule has 2 aromatic rings. The van der Waals surface area contributed by atoms with Crippen LogP contribution in [-0.4, -0.2) is 69.7 Å². The molecule has 2 heterocycles. The molecule has 2 saturated heterocycles. The van der Waals surface area contributed by atoms with Crippen molar-refractivity contribution in [2.45, 2.75) is 42.8 Å². The molecule has 0 saturated carbocycles. The Kier molecular flexibility index (Phi) is 9.08. The Hall–Kier alpha value is -3.35. The van der Waals surface area contributed by atoms with Crippen molar-refractivity contribution in [1.29, 1.82) is 0 Å². The number of halogens is 1. The lowest BCUT2D eigenvalue weighted by molar-refractivity contribution is -0.138. The molecule has 0 unspecified atom stereocenters. The van der Waals surface area contributed by atoms with Gasteiger partial charge in [0.15, 0.2) is 5.96 Å². The van der Waals surface area contributed by atoms with Gasteiger partial charge >= 0.3 is 5.97 Å². The van der Waals surface area contributed by atoms with Crippen LogP contribution >= 0.6 is 11.6 Å². The molecule has 2 aliphatic rings. The summed E-state index contributed by atoms with van der Waals surface area (Å²) in [5, 5.41) is 18.7. The van der Waals surface area contributed by atoms with Crippen molar-refractivity contribution in [3.8, 4) is 0 Å². The normalized spacial score (nSPS) is 18.6. The molecule has 2 atom stereocenters. The fourth-order valence-corrected chi connectivity index (χ4v) is 5.82. The Morgan fingerprint density at radius 2 is 1.84 bits per heavy atom. The van der Waals surface area contributed by atoms with Crippen molar-refractivity contribution in [3.63, 3.8) is 0 Å². The van der Waals surface area contributed by atoms with Crippen molar-refractivity contribution in [3.05, 3.63) is 59.1 Å². The van der Waals surface area contributed by atoms with E-state index in [4.69, 9.17) is 16.6 Å². The quantitative estimate of drug-likeness (QED) is 0.310. The van der Waals surface area contributed by atoms with Gasteiger partial charge in [-0.05, 0) is 56.0 Å². The number of sulfonamides is 1. The van der Waals surface area contributed by atoms with Gasteiger partial charge < -0.3 is 26.0 Å². The number of nitrogens with zero attached hydrogens (tertiary/aromatic N) is 2. The van der Waals surface area contributed by atoms with E-state index in [2.05, 4.69) is 25.6 Å². The van der Waals surface area contributed by atoms with Crippen LogP contribution in [0, 0.1) is 0 Å². The zero-order valence-electron chi connectivity index (χ0n) is 20.7. The summed E-state index contributed by atoms with van der Waals surface area (Å²) in [6, 6.07) is 10.9. The first-order chi connectivity index (χ1) is 18.2. The molecule has 2 aliphatic heterocycles. The molecule has 2 aromatic carbocycles. The number of rotatable bonds is 9. The largest absolute Gasteiger partial charge is 0.480 e. The Balaban J connectivity index is 1.42. The highest BCUT2D eigenvalue weighted by Gasteiger charge is 2.27. The minimum atomic E-state index is -4.09. The number of carboxylic acids is 1. The number of anilines is 1. The van der Waals surface area contributed by atoms with Gasteiger partial charge in [-0.1, -0.05) is 29.8 Å². The number of hydrogen-bond acceptors (Lipinski definition) is 6. The van der Waals surface area contributed by atoms with E-state index in [0.29, 0.717) is 0 Å². The van der Waals surface area contributed by atoms with E-state index >= 15 is 0 Å². The zero-order chi connectivity index (χ0) is 27.1. The van der Waals surface area contributed by atoms with Gasteiger partial charge in [-0.2, -0.15) is 4.72 Å². The van der Waals surface area contributed by atoms with Gasteiger partial charge in [0.2, 0.25) is 10.0 Å². The number of nitrogens with one attached hydrogen (secondary N) is 4. The van der Waals surface area contributed by atoms with Gasteiger partial charge in [-0.25, -0.2) is 13.4 Å². The molecule has 0 spiro atoms. The van der Waals surface area contributed by atoms with Gasteiger partial charge in [-0.15, -0.1) is 0 Å². The molecular weight excluding hydrogens is 532 g/mol. The molecule has 2 fully saturated rings. The second-order valence-corrected chi connectivity index (χ2v) is 11.2. The summed E-state index contributed by atoms with van der Waals surface area (Å²) in [4.78, 5) is 31.4. The molecule has 1 amide bonds. The molecule has 0 aromatic heterocycles. The summed E-state index contributed by atoms with van der Waals surface area (Å²) in [6.45, 7) is 2.09. The maximum Gasteiger partial charge on any atom is 0.323 e. The van der Waals surface area contributed by atoms with E-state index in [-0.39, 0.29) is 21.6 Å².